The van der Waals surface area contributed by atoms with E-state index in [0.29, 0.717) is 0 Å². The number of amides is 2. The van der Waals surface area contributed by atoms with Crippen molar-refractivity contribution in [2.75, 3.05) is 18.2 Å². The number of thiophene rings is 1. The van der Waals surface area contributed by atoms with Gasteiger partial charge in [0.25, 0.3) is 11.8 Å². The van der Waals surface area contributed by atoms with Gasteiger partial charge in [0.1, 0.15) is 5.00 Å². The van der Waals surface area contributed by atoms with Crippen LogP contribution in [0.2, 0.25) is 0 Å². The number of rotatable bonds is 6. The van der Waals surface area contributed by atoms with Crippen molar-refractivity contribution in [1.29, 1.82) is 0 Å². The van der Waals surface area contributed by atoms with Gasteiger partial charge in [-0.2, -0.15) is 0 Å². The number of ether oxygens (including phenoxy) is 1. The van der Waals surface area contributed by atoms with Crippen LogP contribution in [0.25, 0.3) is 0 Å². The molecule has 0 aliphatic carbocycles. The maximum Gasteiger partial charge on any atom is 0.338 e. The van der Waals surface area contributed by atoms with E-state index in [1.165, 1.54) is 30.3 Å². The molecule has 8 nitrogen and oxygen atoms in total. The van der Waals surface area contributed by atoms with Crippen LogP contribution >= 0.6 is 11.3 Å². The number of hydrogen-bond acceptors (Lipinski definition) is 7. The van der Waals surface area contributed by atoms with E-state index in [4.69, 9.17) is 10.5 Å². The molecule has 2 rings (SSSR count). The van der Waals surface area contributed by atoms with Gasteiger partial charge in [0.15, 0.2) is 16.4 Å². The van der Waals surface area contributed by atoms with Gasteiger partial charge in [0.2, 0.25) is 0 Å². The lowest BCUT2D eigenvalue weighted by molar-refractivity contribution is -0.119. The van der Waals surface area contributed by atoms with Gasteiger partial charge in [-0.15, -0.1) is 11.3 Å². The van der Waals surface area contributed by atoms with Gasteiger partial charge < -0.3 is 15.8 Å². The van der Waals surface area contributed by atoms with Crippen molar-refractivity contribution in [3.63, 3.8) is 0 Å². The van der Waals surface area contributed by atoms with Crippen molar-refractivity contribution in [3.05, 3.63) is 46.8 Å². The molecule has 0 spiro atoms. The molecular formula is C15H14N2O6S2. The number of nitrogens with one attached hydrogen (secondary N) is 1. The minimum absolute atomic E-state index is 0.00433. The normalized spacial score (nSPS) is 10.9. The van der Waals surface area contributed by atoms with Crippen molar-refractivity contribution in [2.45, 2.75) is 4.90 Å². The Morgan fingerprint density at radius 1 is 1.24 bits per heavy atom. The van der Waals surface area contributed by atoms with E-state index in [0.717, 1.165) is 17.6 Å². The number of nitrogens with two attached hydrogens (primary N) is 1. The van der Waals surface area contributed by atoms with E-state index in [1.807, 2.05) is 0 Å². The number of benzene rings is 1. The lowest BCUT2D eigenvalue weighted by atomic mass is 10.2. The second kappa shape index (κ2) is 7.45. The van der Waals surface area contributed by atoms with E-state index < -0.39 is 34.2 Å². The van der Waals surface area contributed by atoms with E-state index in [9.17, 15) is 22.8 Å². The standard InChI is InChI=1S/C15H14N2O6S2/c1-25(21,22)10-4-2-3-9(7-10)15(20)23-8-12(18)17-14-11(13(16)19)5-6-24-14/h2-7H,8H2,1H3,(H2,16,19)(H,17,18). The highest BCUT2D eigenvalue weighted by Crippen LogP contribution is 2.22. The zero-order valence-electron chi connectivity index (χ0n) is 13.0. The third kappa shape index (κ3) is 4.88. The summed E-state index contributed by atoms with van der Waals surface area (Å²) in [4.78, 5) is 34.9. The molecule has 25 heavy (non-hydrogen) atoms. The Morgan fingerprint density at radius 3 is 2.60 bits per heavy atom. The summed E-state index contributed by atoms with van der Waals surface area (Å²) in [5, 5.41) is 4.26. The molecule has 0 aliphatic rings. The summed E-state index contributed by atoms with van der Waals surface area (Å²) in [5.41, 5.74) is 5.33. The predicted octanol–water partition coefficient (Wildman–Crippen LogP) is 1.05. The summed E-state index contributed by atoms with van der Waals surface area (Å²) in [6, 6.07) is 6.75. The average molecular weight is 382 g/mol. The molecule has 132 valence electrons. The fourth-order valence-electron chi connectivity index (χ4n) is 1.83. The molecular weight excluding hydrogens is 368 g/mol. The second-order valence-corrected chi connectivity index (χ2v) is 7.88. The maximum atomic E-state index is 11.9. The summed E-state index contributed by atoms with van der Waals surface area (Å²) in [6.45, 7) is -0.599. The van der Waals surface area contributed by atoms with Crippen molar-refractivity contribution < 1.29 is 27.5 Å². The van der Waals surface area contributed by atoms with Crippen LogP contribution in [0.4, 0.5) is 5.00 Å². The summed E-state index contributed by atoms with van der Waals surface area (Å²) in [6.07, 6.45) is 1.02. The van der Waals surface area contributed by atoms with Crippen molar-refractivity contribution in [1.82, 2.24) is 0 Å². The highest BCUT2D eigenvalue weighted by Gasteiger charge is 2.16. The molecule has 0 saturated heterocycles. The van der Waals surface area contributed by atoms with Crippen LogP contribution in [0.5, 0.6) is 0 Å². The minimum Gasteiger partial charge on any atom is -0.452 e. The molecule has 2 aromatic rings. The van der Waals surface area contributed by atoms with Crippen LogP contribution in [-0.4, -0.2) is 39.1 Å². The molecule has 10 heteroatoms. The highest BCUT2D eigenvalue weighted by molar-refractivity contribution is 7.90. The maximum absolute atomic E-state index is 11.9. The predicted molar refractivity (Wildman–Crippen MR) is 91.3 cm³/mol. The Balaban J connectivity index is 1.99. The number of carbonyl (C=O) groups excluding carboxylic acids is 3. The molecule has 0 radical (unpaired) electrons. The van der Waals surface area contributed by atoms with E-state index >= 15 is 0 Å². The molecule has 1 aromatic heterocycles. The summed E-state index contributed by atoms with van der Waals surface area (Å²) in [7, 11) is -3.47. The monoisotopic (exact) mass is 382 g/mol. The Kier molecular flexibility index (Phi) is 5.55. The molecule has 0 saturated carbocycles. The Labute approximate surface area is 147 Å². The first-order chi connectivity index (χ1) is 11.7. The Bertz CT molecular complexity index is 933. The van der Waals surface area contributed by atoms with Gasteiger partial charge in [0.05, 0.1) is 16.0 Å². The summed E-state index contributed by atoms with van der Waals surface area (Å²) in [5.74, 6) is -2.19. The van der Waals surface area contributed by atoms with Crippen LogP contribution in [0.1, 0.15) is 20.7 Å². The number of carbonyl (C=O) groups is 3. The molecule has 0 aliphatic heterocycles. The Morgan fingerprint density at radius 2 is 1.96 bits per heavy atom. The third-order valence-corrected chi connectivity index (χ3v) is 4.96. The number of hydrogen-bond donors (Lipinski definition) is 2. The Hall–Kier alpha value is -2.72. The fraction of sp³-hybridized carbons (Fsp3) is 0.133. The van der Waals surface area contributed by atoms with E-state index in [-0.39, 0.29) is 21.0 Å². The highest BCUT2D eigenvalue weighted by atomic mass is 32.2. The third-order valence-electron chi connectivity index (χ3n) is 3.02. The molecule has 3 N–H and O–H groups in total. The fourth-order valence-corrected chi connectivity index (χ4v) is 3.31. The van der Waals surface area contributed by atoms with Gasteiger partial charge in [-0.3, -0.25) is 9.59 Å². The van der Waals surface area contributed by atoms with Crippen LogP contribution < -0.4 is 11.1 Å². The first kappa shape index (κ1) is 18.6. The minimum atomic E-state index is -3.47. The number of sulfone groups is 1. The molecule has 1 heterocycles. The number of esters is 1. The SMILES string of the molecule is CS(=O)(=O)c1cccc(C(=O)OCC(=O)Nc2sccc2C(N)=O)c1. The second-order valence-electron chi connectivity index (χ2n) is 4.95. The van der Waals surface area contributed by atoms with Crippen molar-refractivity contribution >= 4 is 44.0 Å². The molecule has 1 aromatic carbocycles. The first-order valence-electron chi connectivity index (χ1n) is 6.83. The van der Waals surface area contributed by atoms with E-state index in [2.05, 4.69) is 5.32 Å². The van der Waals surface area contributed by atoms with Gasteiger partial charge in [-0.05, 0) is 29.6 Å². The topological polar surface area (TPSA) is 133 Å². The molecule has 0 fully saturated rings. The van der Waals surface area contributed by atoms with Gasteiger partial charge in [-0.25, -0.2) is 13.2 Å². The zero-order valence-corrected chi connectivity index (χ0v) is 14.6. The van der Waals surface area contributed by atoms with Crippen LogP contribution in [0.15, 0.2) is 40.6 Å². The van der Waals surface area contributed by atoms with Gasteiger partial charge >= 0.3 is 5.97 Å². The number of anilines is 1. The largest absolute Gasteiger partial charge is 0.452 e. The lowest BCUT2D eigenvalue weighted by Gasteiger charge is -2.07. The molecule has 0 atom stereocenters. The van der Waals surface area contributed by atoms with Crippen LogP contribution in [0.3, 0.4) is 0 Å². The van der Waals surface area contributed by atoms with Crippen molar-refractivity contribution in [2.24, 2.45) is 5.73 Å². The summed E-state index contributed by atoms with van der Waals surface area (Å²) < 4.78 is 27.8. The lowest BCUT2D eigenvalue weighted by Crippen LogP contribution is -2.22. The van der Waals surface area contributed by atoms with E-state index in [1.54, 1.807) is 5.38 Å². The van der Waals surface area contributed by atoms with Crippen molar-refractivity contribution in [3.8, 4) is 0 Å². The number of primary amides is 1. The van der Waals surface area contributed by atoms with Gasteiger partial charge in [0, 0.05) is 6.26 Å². The van der Waals surface area contributed by atoms with Crippen LogP contribution in [0, 0.1) is 0 Å². The molecule has 2 amide bonds. The average Bonchev–Trinajstić information content (AvgIpc) is 3.00. The molecule has 0 unspecified atom stereocenters. The quantitative estimate of drug-likeness (QED) is 0.718. The zero-order chi connectivity index (χ0) is 18.6. The summed E-state index contributed by atoms with van der Waals surface area (Å²) >= 11 is 1.10. The smallest absolute Gasteiger partial charge is 0.338 e. The molecule has 0 bridgehead atoms. The van der Waals surface area contributed by atoms with Gasteiger partial charge in [-0.1, -0.05) is 6.07 Å². The van der Waals surface area contributed by atoms with Crippen LogP contribution in [-0.2, 0) is 19.4 Å². The first-order valence-corrected chi connectivity index (χ1v) is 9.60.